The van der Waals surface area contributed by atoms with Crippen molar-refractivity contribution in [1.82, 2.24) is 9.80 Å². The van der Waals surface area contributed by atoms with Gasteiger partial charge >= 0.3 is 12.1 Å². The van der Waals surface area contributed by atoms with Gasteiger partial charge in [0.15, 0.2) is 0 Å². The van der Waals surface area contributed by atoms with Crippen molar-refractivity contribution in [2.24, 2.45) is 0 Å². The van der Waals surface area contributed by atoms with Gasteiger partial charge in [0.2, 0.25) is 5.91 Å². The van der Waals surface area contributed by atoms with Gasteiger partial charge in [-0.15, -0.1) is 0 Å². The van der Waals surface area contributed by atoms with Crippen molar-refractivity contribution in [2.45, 2.75) is 37.8 Å². The second-order valence-electron chi connectivity index (χ2n) is 5.03. The van der Waals surface area contributed by atoms with E-state index in [2.05, 4.69) is 0 Å². The smallest absolute Gasteiger partial charge is 0.410 e. The third-order valence-electron chi connectivity index (χ3n) is 3.96. The molecule has 112 valence electrons. The fraction of sp³-hybridized carbons (Fsp3) is 0.769. The van der Waals surface area contributed by atoms with Crippen LogP contribution in [0.25, 0.3) is 0 Å². The van der Waals surface area contributed by atoms with E-state index in [1.54, 1.807) is 0 Å². The topological polar surface area (TPSA) is 76.2 Å². The quantitative estimate of drug-likeness (QED) is 0.685. The van der Waals surface area contributed by atoms with E-state index in [4.69, 9.17) is 9.47 Å². The van der Waals surface area contributed by atoms with Crippen molar-refractivity contribution in [3.8, 4) is 0 Å². The van der Waals surface area contributed by atoms with Crippen LogP contribution in [0.15, 0.2) is 0 Å². The predicted molar refractivity (Wildman–Crippen MR) is 68.9 cm³/mol. The highest BCUT2D eigenvalue weighted by molar-refractivity contribution is 5.90. The number of ether oxygens (including phenoxy) is 2. The maximum atomic E-state index is 12.6. The van der Waals surface area contributed by atoms with E-state index in [1.807, 2.05) is 0 Å². The molecule has 0 aromatic rings. The third-order valence-corrected chi connectivity index (χ3v) is 3.96. The molecule has 2 rings (SSSR count). The van der Waals surface area contributed by atoms with E-state index < -0.39 is 24.1 Å². The van der Waals surface area contributed by atoms with E-state index in [0.29, 0.717) is 25.9 Å². The largest absolute Gasteiger partial charge is 0.467 e. The number of hydrogen-bond donors (Lipinski definition) is 0. The first-order chi connectivity index (χ1) is 9.60. The van der Waals surface area contributed by atoms with Gasteiger partial charge in [0.1, 0.15) is 12.1 Å². The van der Waals surface area contributed by atoms with E-state index >= 15 is 0 Å². The average Bonchev–Trinajstić information content (AvgIpc) is 3.13. The molecule has 0 aliphatic carbocycles. The van der Waals surface area contributed by atoms with Gasteiger partial charge in [-0.2, -0.15) is 0 Å². The molecule has 2 atom stereocenters. The Hall–Kier alpha value is -1.79. The summed E-state index contributed by atoms with van der Waals surface area (Å²) in [5.41, 5.74) is 0. The maximum Gasteiger partial charge on any atom is 0.410 e. The first-order valence-electron chi connectivity index (χ1n) is 6.83. The minimum absolute atomic E-state index is 0.180. The summed E-state index contributed by atoms with van der Waals surface area (Å²) in [5, 5.41) is 0. The van der Waals surface area contributed by atoms with Crippen LogP contribution in [0.3, 0.4) is 0 Å². The molecule has 2 aliphatic heterocycles. The molecule has 0 saturated carbocycles. The monoisotopic (exact) mass is 284 g/mol. The van der Waals surface area contributed by atoms with Crippen LogP contribution in [-0.4, -0.2) is 67.2 Å². The van der Waals surface area contributed by atoms with Gasteiger partial charge < -0.3 is 14.4 Å². The van der Waals surface area contributed by atoms with Crippen molar-refractivity contribution in [3.05, 3.63) is 0 Å². The predicted octanol–water partition coefficient (Wildman–Crippen LogP) is 0.381. The molecule has 2 fully saturated rings. The van der Waals surface area contributed by atoms with Gasteiger partial charge in [0.25, 0.3) is 0 Å². The van der Waals surface area contributed by atoms with Crippen LogP contribution < -0.4 is 0 Å². The summed E-state index contributed by atoms with van der Waals surface area (Å²) in [7, 11) is 2.62. The lowest BCUT2D eigenvalue weighted by Gasteiger charge is -2.29. The molecule has 0 bridgehead atoms. The number of carbonyl (C=O) groups is 3. The van der Waals surface area contributed by atoms with Crippen LogP contribution >= 0.6 is 0 Å². The second kappa shape index (κ2) is 6.11. The third kappa shape index (κ3) is 2.57. The maximum absolute atomic E-state index is 12.6. The highest BCUT2D eigenvalue weighted by Crippen LogP contribution is 2.25. The Kier molecular flexibility index (Phi) is 4.46. The van der Waals surface area contributed by atoms with Crippen molar-refractivity contribution in [2.75, 3.05) is 27.3 Å². The highest BCUT2D eigenvalue weighted by atomic mass is 16.5. The standard InChI is InChI=1S/C13H20N2O5/c1-19-12(17)10-6-4-7-14(10)11(16)9-5-3-8-15(9)13(18)20-2/h9-10H,3-8H2,1-2H3. The summed E-state index contributed by atoms with van der Waals surface area (Å²) in [6, 6.07) is -1.04. The van der Waals surface area contributed by atoms with Gasteiger partial charge in [-0.1, -0.05) is 0 Å². The number of carbonyl (C=O) groups excluding carboxylic acids is 3. The van der Waals surface area contributed by atoms with Crippen LogP contribution in [0, 0.1) is 0 Å². The Morgan fingerprint density at radius 3 is 2.10 bits per heavy atom. The molecule has 20 heavy (non-hydrogen) atoms. The van der Waals surface area contributed by atoms with Crippen LogP contribution in [-0.2, 0) is 19.1 Å². The molecule has 0 aromatic carbocycles. The van der Waals surface area contributed by atoms with Gasteiger partial charge in [0.05, 0.1) is 14.2 Å². The number of likely N-dealkylation sites (tertiary alicyclic amines) is 2. The van der Waals surface area contributed by atoms with Gasteiger partial charge in [0, 0.05) is 13.1 Å². The van der Waals surface area contributed by atoms with E-state index in [1.165, 1.54) is 24.0 Å². The lowest BCUT2D eigenvalue weighted by atomic mass is 10.1. The molecule has 0 spiro atoms. The van der Waals surface area contributed by atoms with Crippen LogP contribution in [0.4, 0.5) is 4.79 Å². The Bertz CT molecular complexity index is 376. The fourth-order valence-electron chi connectivity index (χ4n) is 2.96. The van der Waals surface area contributed by atoms with Crippen LogP contribution in [0.1, 0.15) is 25.7 Å². The van der Waals surface area contributed by atoms with Crippen LogP contribution in [0.5, 0.6) is 0 Å². The molecule has 7 nitrogen and oxygen atoms in total. The number of methoxy groups -OCH3 is 2. The molecule has 2 heterocycles. The minimum Gasteiger partial charge on any atom is -0.467 e. The lowest BCUT2D eigenvalue weighted by Crippen LogP contribution is -2.51. The number of amides is 2. The van der Waals surface area contributed by atoms with Crippen molar-refractivity contribution < 1.29 is 23.9 Å². The normalized spacial score (nSPS) is 25.7. The summed E-state index contributed by atoms with van der Waals surface area (Å²) < 4.78 is 9.43. The highest BCUT2D eigenvalue weighted by Gasteiger charge is 2.42. The number of hydrogen-bond acceptors (Lipinski definition) is 5. The molecule has 2 saturated heterocycles. The van der Waals surface area contributed by atoms with Gasteiger partial charge in [-0.05, 0) is 25.7 Å². The zero-order valence-electron chi connectivity index (χ0n) is 11.8. The number of nitrogens with zero attached hydrogens (tertiary/aromatic N) is 2. The van der Waals surface area contributed by atoms with E-state index in [0.717, 1.165) is 12.8 Å². The Labute approximate surface area is 117 Å². The lowest BCUT2D eigenvalue weighted by molar-refractivity contribution is -0.152. The van der Waals surface area contributed by atoms with Crippen molar-refractivity contribution in [1.29, 1.82) is 0 Å². The molecular weight excluding hydrogens is 264 g/mol. The molecule has 0 aromatic heterocycles. The summed E-state index contributed by atoms with van der Waals surface area (Å²) in [6.45, 7) is 1.05. The molecule has 0 N–H and O–H groups in total. The Morgan fingerprint density at radius 2 is 1.50 bits per heavy atom. The second-order valence-corrected chi connectivity index (χ2v) is 5.03. The Balaban J connectivity index is 2.10. The number of rotatable bonds is 2. The molecule has 2 aliphatic rings. The average molecular weight is 284 g/mol. The zero-order chi connectivity index (χ0) is 14.7. The zero-order valence-corrected chi connectivity index (χ0v) is 11.8. The van der Waals surface area contributed by atoms with Crippen molar-refractivity contribution in [3.63, 3.8) is 0 Å². The molecule has 2 unspecified atom stereocenters. The SMILES string of the molecule is COC(=O)C1CCCN1C(=O)C1CCCN1C(=O)OC. The summed E-state index contributed by atoms with van der Waals surface area (Å²) in [6.07, 6.45) is 2.27. The molecular formula is C13H20N2O5. The fourth-order valence-corrected chi connectivity index (χ4v) is 2.96. The minimum atomic E-state index is -0.521. The molecule has 0 radical (unpaired) electrons. The molecule has 7 heteroatoms. The first kappa shape index (κ1) is 14.6. The summed E-state index contributed by atoms with van der Waals surface area (Å²) >= 11 is 0. The van der Waals surface area contributed by atoms with E-state index in [9.17, 15) is 14.4 Å². The summed E-state index contributed by atoms with van der Waals surface area (Å²) in [4.78, 5) is 38.9. The van der Waals surface area contributed by atoms with Crippen molar-refractivity contribution >= 4 is 18.0 Å². The number of esters is 1. The van der Waals surface area contributed by atoms with E-state index in [-0.39, 0.29) is 5.91 Å². The molecule has 2 amide bonds. The summed E-state index contributed by atoms with van der Waals surface area (Å²) in [5.74, 6) is -0.570. The Morgan fingerprint density at radius 1 is 0.900 bits per heavy atom. The van der Waals surface area contributed by atoms with Gasteiger partial charge in [-0.3, -0.25) is 9.69 Å². The van der Waals surface area contributed by atoms with Crippen LogP contribution in [0.2, 0.25) is 0 Å². The van der Waals surface area contributed by atoms with Gasteiger partial charge in [-0.25, -0.2) is 9.59 Å². The first-order valence-corrected chi connectivity index (χ1v) is 6.83.